The van der Waals surface area contributed by atoms with E-state index in [1.54, 1.807) is 0 Å². The number of amides is 1. The molecule has 1 atom stereocenters. The van der Waals surface area contributed by atoms with Crippen LogP contribution in [0.4, 0.5) is 0 Å². The molecule has 17 heavy (non-hydrogen) atoms. The summed E-state index contributed by atoms with van der Waals surface area (Å²) in [4.78, 5) is 13.5. The smallest absolute Gasteiger partial charge is 0.239 e. The van der Waals surface area contributed by atoms with Crippen LogP contribution < -0.4 is 5.73 Å². The lowest BCUT2D eigenvalue weighted by atomic mass is 10.1. The second kappa shape index (κ2) is 6.57. The van der Waals surface area contributed by atoms with E-state index in [2.05, 4.69) is 22.5 Å². The van der Waals surface area contributed by atoms with Crippen LogP contribution in [0.2, 0.25) is 0 Å². The lowest BCUT2D eigenvalue weighted by molar-refractivity contribution is -0.123. The van der Waals surface area contributed by atoms with Crippen molar-refractivity contribution in [1.29, 1.82) is 0 Å². The fraction of sp³-hybridized carbons (Fsp3) is 0.308. The van der Waals surface area contributed by atoms with Crippen molar-refractivity contribution in [3.05, 3.63) is 47.0 Å². The number of hydrogen-bond donors (Lipinski definition) is 1. The largest absolute Gasteiger partial charge is 0.368 e. The second-order valence-electron chi connectivity index (χ2n) is 3.92. The van der Waals surface area contributed by atoms with Crippen LogP contribution in [-0.2, 0) is 4.79 Å². The summed E-state index contributed by atoms with van der Waals surface area (Å²) in [5, 5.41) is 0. The van der Waals surface area contributed by atoms with Gasteiger partial charge in [0.05, 0.1) is 0 Å². The lowest BCUT2D eigenvalue weighted by Crippen LogP contribution is -2.35. The molecule has 0 saturated carbocycles. The molecule has 4 heteroatoms. The van der Waals surface area contributed by atoms with Gasteiger partial charge in [-0.05, 0) is 31.2 Å². The highest BCUT2D eigenvalue weighted by atomic mass is 79.9. The predicted octanol–water partition coefficient (Wildman–Crippen LogP) is 2.48. The summed E-state index contributed by atoms with van der Waals surface area (Å²) in [5.74, 6) is -0.338. The summed E-state index contributed by atoms with van der Waals surface area (Å²) in [6, 6.07) is 7.25. The molecule has 3 nitrogen and oxygen atoms in total. The Bertz CT molecular complexity index is 406. The van der Waals surface area contributed by atoms with Crippen molar-refractivity contribution in [1.82, 2.24) is 4.90 Å². The molecule has 0 saturated heterocycles. The monoisotopic (exact) mass is 296 g/mol. The zero-order valence-corrected chi connectivity index (χ0v) is 11.5. The van der Waals surface area contributed by atoms with Gasteiger partial charge < -0.3 is 5.73 Å². The Labute approximate surface area is 110 Å². The van der Waals surface area contributed by atoms with Gasteiger partial charge in [0.25, 0.3) is 0 Å². The third-order valence-electron chi connectivity index (χ3n) is 2.56. The number of hydrogen-bond acceptors (Lipinski definition) is 2. The molecular weight excluding hydrogens is 280 g/mol. The van der Waals surface area contributed by atoms with E-state index in [4.69, 9.17) is 5.73 Å². The molecule has 0 aliphatic rings. The topological polar surface area (TPSA) is 46.3 Å². The summed E-state index contributed by atoms with van der Waals surface area (Å²) in [6.07, 6.45) is 2.66. The van der Waals surface area contributed by atoms with Gasteiger partial charge in [-0.15, -0.1) is 6.58 Å². The summed E-state index contributed by atoms with van der Waals surface area (Å²) in [5.41, 5.74) is 6.37. The number of primary amides is 1. The highest BCUT2D eigenvalue weighted by molar-refractivity contribution is 9.10. The molecule has 0 unspecified atom stereocenters. The Balaban J connectivity index is 2.92. The first-order valence-electron chi connectivity index (χ1n) is 5.42. The molecule has 0 radical (unpaired) electrons. The average molecular weight is 297 g/mol. The Morgan fingerprint density at radius 3 is 2.88 bits per heavy atom. The molecule has 0 aromatic heterocycles. The minimum absolute atomic E-state index is 0.338. The van der Waals surface area contributed by atoms with E-state index in [0.29, 0.717) is 0 Å². The van der Waals surface area contributed by atoms with E-state index in [9.17, 15) is 4.79 Å². The fourth-order valence-corrected chi connectivity index (χ4v) is 2.15. The molecule has 0 aliphatic carbocycles. The number of halogens is 1. The first-order chi connectivity index (χ1) is 8.06. The molecule has 0 spiro atoms. The van der Waals surface area contributed by atoms with Gasteiger partial charge in [-0.1, -0.05) is 34.1 Å². The maximum Gasteiger partial charge on any atom is 0.239 e. The van der Waals surface area contributed by atoms with Crippen molar-refractivity contribution >= 4 is 21.8 Å². The van der Waals surface area contributed by atoms with Crippen molar-refractivity contribution in [2.24, 2.45) is 5.73 Å². The van der Waals surface area contributed by atoms with Gasteiger partial charge >= 0.3 is 0 Å². The molecule has 0 aliphatic heterocycles. The minimum atomic E-state index is -0.396. The van der Waals surface area contributed by atoms with Crippen molar-refractivity contribution < 1.29 is 4.79 Å². The van der Waals surface area contributed by atoms with E-state index in [1.807, 2.05) is 42.3 Å². The molecule has 0 heterocycles. The van der Waals surface area contributed by atoms with Crippen LogP contribution in [-0.4, -0.2) is 24.4 Å². The molecule has 2 N–H and O–H groups in total. The van der Waals surface area contributed by atoms with Crippen LogP contribution in [0.25, 0.3) is 0 Å². The first-order valence-corrected chi connectivity index (χ1v) is 6.21. The zero-order chi connectivity index (χ0) is 12.8. The number of carbonyl (C=O) groups excluding carboxylic acids is 1. The number of benzene rings is 1. The molecule has 0 bridgehead atoms. The Kier molecular flexibility index (Phi) is 5.38. The first kappa shape index (κ1) is 13.9. The van der Waals surface area contributed by atoms with Crippen molar-refractivity contribution in [2.75, 3.05) is 13.6 Å². The number of rotatable bonds is 6. The Morgan fingerprint density at radius 1 is 1.65 bits per heavy atom. The third-order valence-corrected chi connectivity index (χ3v) is 3.05. The van der Waals surface area contributed by atoms with Gasteiger partial charge in [0, 0.05) is 11.0 Å². The summed E-state index contributed by atoms with van der Waals surface area (Å²) in [6.45, 7) is 4.43. The standard InChI is InChI=1S/C13H17BrN2O/c1-3-4-8-16(2)12(13(15)17)10-6-5-7-11(14)9-10/h3,5-7,9,12H,1,4,8H2,2H3,(H2,15,17)/t12-/m1/s1. The molecular formula is C13H17BrN2O. The van der Waals surface area contributed by atoms with Crippen molar-refractivity contribution in [3.8, 4) is 0 Å². The molecule has 1 aromatic rings. The Morgan fingerprint density at radius 2 is 2.35 bits per heavy atom. The predicted molar refractivity (Wildman–Crippen MR) is 73.5 cm³/mol. The summed E-state index contributed by atoms with van der Waals surface area (Å²) < 4.78 is 0.943. The van der Waals surface area contributed by atoms with Crippen LogP contribution in [0.1, 0.15) is 18.0 Å². The van der Waals surface area contributed by atoms with Crippen LogP contribution in [0, 0.1) is 0 Å². The van der Waals surface area contributed by atoms with Crippen LogP contribution in [0.5, 0.6) is 0 Å². The number of nitrogens with zero attached hydrogens (tertiary/aromatic N) is 1. The van der Waals surface area contributed by atoms with Crippen molar-refractivity contribution in [2.45, 2.75) is 12.5 Å². The lowest BCUT2D eigenvalue weighted by Gasteiger charge is -2.25. The van der Waals surface area contributed by atoms with Gasteiger partial charge in [-0.2, -0.15) is 0 Å². The molecule has 1 rings (SSSR count). The maximum absolute atomic E-state index is 11.6. The summed E-state index contributed by atoms with van der Waals surface area (Å²) in [7, 11) is 1.89. The molecule has 1 aromatic carbocycles. The SMILES string of the molecule is C=CCCN(C)[C@@H](C(N)=O)c1cccc(Br)c1. The zero-order valence-electron chi connectivity index (χ0n) is 9.90. The van der Waals surface area contributed by atoms with Crippen LogP contribution in [0.3, 0.4) is 0 Å². The van der Waals surface area contributed by atoms with Gasteiger partial charge in [-0.3, -0.25) is 9.69 Å². The number of carbonyl (C=O) groups is 1. The van der Waals surface area contributed by atoms with E-state index in [1.165, 1.54) is 0 Å². The molecule has 0 fully saturated rings. The van der Waals surface area contributed by atoms with Crippen molar-refractivity contribution in [3.63, 3.8) is 0 Å². The highest BCUT2D eigenvalue weighted by Gasteiger charge is 2.22. The maximum atomic E-state index is 11.6. The third kappa shape index (κ3) is 3.98. The van der Waals surface area contributed by atoms with Gasteiger partial charge in [0.15, 0.2) is 0 Å². The average Bonchev–Trinajstić information content (AvgIpc) is 2.26. The van der Waals surface area contributed by atoms with Gasteiger partial charge in [0.2, 0.25) is 5.91 Å². The summed E-state index contributed by atoms with van der Waals surface area (Å²) >= 11 is 3.39. The van der Waals surface area contributed by atoms with E-state index in [-0.39, 0.29) is 5.91 Å². The fourth-order valence-electron chi connectivity index (χ4n) is 1.74. The van der Waals surface area contributed by atoms with Gasteiger partial charge in [-0.25, -0.2) is 0 Å². The minimum Gasteiger partial charge on any atom is -0.368 e. The Hall–Kier alpha value is -1.13. The quantitative estimate of drug-likeness (QED) is 0.820. The van der Waals surface area contributed by atoms with Gasteiger partial charge in [0.1, 0.15) is 6.04 Å². The van der Waals surface area contributed by atoms with Crippen LogP contribution >= 0.6 is 15.9 Å². The van der Waals surface area contributed by atoms with Crippen LogP contribution in [0.15, 0.2) is 41.4 Å². The number of nitrogens with two attached hydrogens (primary N) is 1. The van der Waals surface area contributed by atoms with E-state index in [0.717, 1.165) is 23.0 Å². The van der Waals surface area contributed by atoms with E-state index < -0.39 is 6.04 Å². The number of likely N-dealkylation sites (N-methyl/N-ethyl adjacent to an activating group) is 1. The molecule has 92 valence electrons. The second-order valence-corrected chi connectivity index (χ2v) is 4.83. The van der Waals surface area contributed by atoms with E-state index >= 15 is 0 Å². The normalized spacial score (nSPS) is 12.4. The molecule has 1 amide bonds. The highest BCUT2D eigenvalue weighted by Crippen LogP contribution is 2.22.